The number of nitrogens with zero attached hydrogens (tertiary/aromatic N) is 5. The van der Waals surface area contributed by atoms with Crippen LogP contribution in [0, 0.1) is 24.3 Å². The van der Waals surface area contributed by atoms with Crippen LogP contribution in [0.5, 0.6) is 11.5 Å². The predicted molar refractivity (Wildman–Crippen MR) is 245 cm³/mol. The van der Waals surface area contributed by atoms with Crippen LogP contribution in [-0.4, -0.2) is 101 Å². The van der Waals surface area contributed by atoms with E-state index in [0.717, 1.165) is 16.7 Å². The number of carbonyl (C=O) groups is 4. The molecule has 0 unspecified atom stereocenters. The van der Waals surface area contributed by atoms with Crippen molar-refractivity contribution in [3.63, 3.8) is 0 Å². The van der Waals surface area contributed by atoms with Gasteiger partial charge in [-0.1, -0.05) is 76.2 Å². The number of hydrogen-bond donors (Lipinski definition) is 1. The van der Waals surface area contributed by atoms with Crippen molar-refractivity contribution in [1.29, 1.82) is 0 Å². The lowest BCUT2D eigenvalue weighted by Crippen LogP contribution is -2.35. The molecule has 2 amide bonds. The first-order valence-corrected chi connectivity index (χ1v) is 22.1. The standard InChI is InChI=1S/C30H37N3O6.C20H26N2O5/c1-19(2)17-38-29(36)33-15-22(14-27(34)35)25(16-33)21-7-6-8-24(13-21)37-18-26-31-28(39-32-26)20-9-11-23(12-10-20)30(3,4)5;1-20(2,3)27-19(24)22-11-15(10-18(23)25-5)17(12-22)14-7-6-8-16(9-14)26-13-21-4/h6-13,19,22,25H,14-18H2,1-5H3,(H,34,35);6-9,15,17H,10-13H2,1-3,5H3/t22-,25-;15-,17-/m00/s1. The molecule has 4 aromatic rings. The number of aromatic nitrogens is 2. The SMILES string of the molecule is CC(C)COC(=O)N1C[C@H](CC(=O)O)[C@H](c2cccc(OCc3noc(-c4ccc(C(C)(C)C)cc4)n3)c2)C1.[C-]#[N+]COc1cccc([C@@H]2CN(C(=O)OC(C)(C)C)C[C@@H]2CC(=O)OC)c1. The second kappa shape index (κ2) is 22.5. The smallest absolute Gasteiger partial charge is 0.410 e. The molecule has 3 heterocycles. The van der Waals surface area contributed by atoms with Crippen molar-refractivity contribution < 1.29 is 52.5 Å². The normalized spacial score (nSPS) is 18.2. The second-order valence-electron chi connectivity index (χ2n) is 19.1. The minimum Gasteiger partial charge on any atom is -0.485 e. The summed E-state index contributed by atoms with van der Waals surface area (Å²) in [6, 6.07) is 23.0. The first-order valence-electron chi connectivity index (χ1n) is 22.1. The topological polar surface area (TPSA) is 184 Å². The molecule has 0 radical (unpaired) electrons. The van der Waals surface area contributed by atoms with Gasteiger partial charge < -0.3 is 43.1 Å². The average molecular weight is 910 g/mol. The first kappa shape index (κ1) is 50.4. The Morgan fingerprint density at radius 3 is 1.92 bits per heavy atom. The summed E-state index contributed by atoms with van der Waals surface area (Å²) in [4.78, 5) is 59.3. The van der Waals surface area contributed by atoms with Crippen LogP contribution in [-0.2, 0) is 35.8 Å². The average Bonchev–Trinajstić information content (AvgIpc) is 4.03. The molecule has 16 heteroatoms. The second-order valence-corrected chi connectivity index (χ2v) is 19.1. The van der Waals surface area contributed by atoms with E-state index in [-0.39, 0.29) is 73.2 Å². The van der Waals surface area contributed by atoms with Gasteiger partial charge in [0.2, 0.25) is 5.82 Å². The van der Waals surface area contributed by atoms with Gasteiger partial charge in [-0.2, -0.15) is 4.98 Å². The fourth-order valence-corrected chi connectivity index (χ4v) is 7.85. The molecular weight excluding hydrogens is 847 g/mol. The van der Waals surface area contributed by atoms with Crippen LogP contribution < -0.4 is 9.47 Å². The van der Waals surface area contributed by atoms with E-state index in [1.165, 1.54) is 12.7 Å². The number of carbonyl (C=O) groups excluding carboxylic acids is 3. The van der Waals surface area contributed by atoms with Crippen LogP contribution >= 0.6 is 0 Å². The number of likely N-dealkylation sites (tertiary alicyclic amines) is 2. The molecule has 6 rings (SSSR count). The van der Waals surface area contributed by atoms with Crippen molar-refractivity contribution in [3.05, 3.63) is 107 Å². The Labute approximate surface area is 387 Å². The van der Waals surface area contributed by atoms with Crippen LogP contribution in [0.4, 0.5) is 9.59 Å². The summed E-state index contributed by atoms with van der Waals surface area (Å²) in [5.74, 6) is 0.549. The lowest BCUT2D eigenvalue weighted by atomic mass is 9.87. The Bertz CT molecular complexity index is 2310. The van der Waals surface area contributed by atoms with Gasteiger partial charge in [0.15, 0.2) is 6.61 Å². The van der Waals surface area contributed by atoms with E-state index in [1.807, 2.05) is 89.2 Å². The third kappa shape index (κ3) is 14.7. The molecule has 0 saturated carbocycles. The van der Waals surface area contributed by atoms with Crippen LogP contribution in [0.2, 0.25) is 0 Å². The van der Waals surface area contributed by atoms with Crippen LogP contribution in [0.15, 0.2) is 77.3 Å². The first-order chi connectivity index (χ1) is 31.2. The summed E-state index contributed by atoms with van der Waals surface area (Å²) in [6.45, 7) is 24.7. The van der Waals surface area contributed by atoms with Gasteiger partial charge in [0.25, 0.3) is 5.89 Å². The van der Waals surface area contributed by atoms with Crippen molar-refractivity contribution in [1.82, 2.24) is 19.9 Å². The Kier molecular flexibility index (Phi) is 17.2. The van der Waals surface area contributed by atoms with Gasteiger partial charge in [0.05, 0.1) is 26.6 Å². The number of methoxy groups -OCH3 is 1. The maximum atomic E-state index is 12.6. The van der Waals surface area contributed by atoms with E-state index in [1.54, 1.807) is 15.9 Å². The van der Waals surface area contributed by atoms with E-state index in [9.17, 15) is 24.3 Å². The lowest BCUT2D eigenvalue weighted by molar-refractivity contribution is -0.142. The molecule has 3 aromatic carbocycles. The molecule has 2 saturated heterocycles. The molecule has 1 N–H and O–H groups in total. The molecule has 0 spiro atoms. The van der Waals surface area contributed by atoms with Gasteiger partial charge in [0.1, 0.15) is 17.1 Å². The fourth-order valence-electron chi connectivity index (χ4n) is 7.85. The number of aliphatic carboxylic acids is 1. The van der Waals surface area contributed by atoms with Crippen molar-refractivity contribution in [2.75, 3.05) is 46.6 Å². The molecule has 2 aliphatic rings. The molecular formula is C50H63N5O11. The highest BCUT2D eigenvalue weighted by Gasteiger charge is 2.40. The number of benzene rings is 3. The molecule has 66 heavy (non-hydrogen) atoms. The highest BCUT2D eigenvalue weighted by molar-refractivity contribution is 5.72. The summed E-state index contributed by atoms with van der Waals surface area (Å²) < 4.78 is 32.5. The van der Waals surface area contributed by atoms with Crippen LogP contribution in [0.1, 0.15) is 103 Å². The quantitative estimate of drug-likeness (QED) is 0.0718. The van der Waals surface area contributed by atoms with Crippen LogP contribution in [0.3, 0.4) is 0 Å². The summed E-state index contributed by atoms with van der Waals surface area (Å²) in [5.41, 5.74) is 3.40. The number of amides is 2. The number of ether oxygens (including phenoxy) is 5. The monoisotopic (exact) mass is 909 g/mol. The van der Waals surface area contributed by atoms with E-state index >= 15 is 0 Å². The predicted octanol–water partition coefficient (Wildman–Crippen LogP) is 9.35. The van der Waals surface area contributed by atoms with Crippen LogP contribution in [0.25, 0.3) is 16.3 Å². The zero-order valence-electron chi connectivity index (χ0n) is 39.4. The number of carboxylic acids is 1. The third-order valence-corrected chi connectivity index (χ3v) is 11.1. The van der Waals surface area contributed by atoms with Gasteiger partial charge in [0, 0.05) is 43.6 Å². The van der Waals surface area contributed by atoms with Gasteiger partial charge in [-0.05, 0) is 97.0 Å². The largest absolute Gasteiger partial charge is 0.485 e. The molecule has 1 aromatic heterocycles. The molecule has 0 aliphatic carbocycles. The molecule has 354 valence electrons. The molecule has 2 fully saturated rings. The van der Waals surface area contributed by atoms with Gasteiger partial charge >= 0.3 is 30.9 Å². The maximum absolute atomic E-state index is 12.6. The number of hydrogen-bond acceptors (Lipinski definition) is 12. The Hall–Kier alpha value is -6.63. The zero-order chi connectivity index (χ0) is 48.2. The van der Waals surface area contributed by atoms with E-state index in [0.29, 0.717) is 56.0 Å². The lowest BCUT2D eigenvalue weighted by Gasteiger charge is -2.24. The van der Waals surface area contributed by atoms with Gasteiger partial charge in [-0.15, -0.1) is 0 Å². The summed E-state index contributed by atoms with van der Waals surface area (Å²) in [5, 5.41) is 13.5. The summed E-state index contributed by atoms with van der Waals surface area (Å²) in [6.07, 6.45) is -0.616. The van der Waals surface area contributed by atoms with E-state index in [2.05, 4.69) is 47.9 Å². The van der Waals surface area contributed by atoms with Gasteiger partial charge in [-0.25, -0.2) is 16.2 Å². The highest BCUT2D eigenvalue weighted by atomic mass is 16.6. The minimum atomic E-state index is -0.893. The minimum absolute atomic E-state index is 0.0356. The Balaban J connectivity index is 0.000000265. The van der Waals surface area contributed by atoms with Crippen molar-refractivity contribution in [3.8, 4) is 23.0 Å². The molecule has 2 aliphatic heterocycles. The van der Waals surface area contributed by atoms with Gasteiger partial charge in [-0.3, -0.25) is 14.4 Å². The van der Waals surface area contributed by atoms with Crippen molar-refractivity contribution in [2.45, 2.75) is 97.7 Å². The highest BCUT2D eigenvalue weighted by Crippen LogP contribution is 2.38. The number of rotatable bonds is 14. The van der Waals surface area contributed by atoms with E-state index < -0.39 is 17.7 Å². The Morgan fingerprint density at radius 2 is 1.39 bits per heavy atom. The molecule has 4 atom stereocenters. The zero-order valence-corrected chi connectivity index (χ0v) is 39.4. The summed E-state index contributed by atoms with van der Waals surface area (Å²) >= 11 is 0. The maximum Gasteiger partial charge on any atom is 0.410 e. The van der Waals surface area contributed by atoms with Crippen molar-refractivity contribution in [2.24, 2.45) is 17.8 Å². The Morgan fingerprint density at radius 1 is 0.818 bits per heavy atom. The summed E-state index contributed by atoms with van der Waals surface area (Å²) in [7, 11) is 1.36. The van der Waals surface area contributed by atoms with Crippen molar-refractivity contribution >= 4 is 24.1 Å². The fraction of sp³-hybridized carbons (Fsp3) is 0.500. The van der Waals surface area contributed by atoms with E-state index in [4.69, 9.17) is 34.8 Å². The molecule has 16 nitrogen and oxygen atoms in total. The number of carboxylic acid groups (broad SMARTS) is 1. The molecule has 0 bridgehead atoms. The third-order valence-electron chi connectivity index (χ3n) is 11.1. The number of esters is 1.